The number of thiocarbonyl (C=S) groups is 1. The van der Waals surface area contributed by atoms with E-state index in [4.69, 9.17) is 35.4 Å². The Labute approximate surface area is 195 Å². The van der Waals surface area contributed by atoms with E-state index >= 15 is 0 Å². The van der Waals surface area contributed by atoms with Crippen LogP contribution in [-0.2, 0) is 13.1 Å². The molecule has 4 aromatic rings. The predicted octanol–water partition coefficient (Wildman–Crippen LogP) is 5.60. The van der Waals surface area contributed by atoms with Gasteiger partial charge < -0.3 is 10.6 Å². The molecule has 0 bridgehead atoms. The molecule has 158 valence electrons. The maximum atomic E-state index is 6.32. The Morgan fingerprint density at radius 1 is 0.935 bits per heavy atom. The Kier molecular flexibility index (Phi) is 6.56. The van der Waals surface area contributed by atoms with E-state index in [1.165, 1.54) is 11.1 Å². The van der Waals surface area contributed by atoms with Crippen LogP contribution in [-0.4, -0.2) is 24.7 Å². The zero-order chi connectivity index (χ0) is 21.8. The highest BCUT2D eigenvalue weighted by Crippen LogP contribution is 2.22. The fourth-order valence-electron chi connectivity index (χ4n) is 3.03. The van der Waals surface area contributed by atoms with Crippen molar-refractivity contribution in [3.63, 3.8) is 0 Å². The Bertz CT molecular complexity index is 1200. The van der Waals surface area contributed by atoms with Crippen LogP contribution in [0.3, 0.4) is 0 Å². The van der Waals surface area contributed by atoms with Crippen LogP contribution in [0.2, 0.25) is 10.0 Å². The van der Waals surface area contributed by atoms with E-state index in [-0.39, 0.29) is 0 Å². The van der Waals surface area contributed by atoms with Gasteiger partial charge in [0.1, 0.15) is 5.02 Å². The van der Waals surface area contributed by atoms with Crippen LogP contribution in [0.15, 0.2) is 67.1 Å². The Morgan fingerprint density at radius 3 is 2.48 bits per heavy atom. The van der Waals surface area contributed by atoms with E-state index in [1.54, 1.807) is 17.1 Å². The molecule has 0 amide bonds. The molecule has 0 saturated heterocycles. The molecule has 0 unspecified atom stereocenters. The highest BCUT2D eigenvalue weighted by atomic mass is 35.5. The lowest BCUT2D eigenvalue weighted by Gasteiger charge is -2.07. The lowest BCUT2D eigenvalue weighted by atomic mass is 10.1. The van der Waals surface area contributed by atoms with Crippen LogP contribution < -0.4 is 10.6 Å². The third kappa shape index (κ3) is 5.64. The van der Waals surface area contributed by atoms with Crippen LogP contribution >= 0.6 is 35.4 Å². The molecule has 0 aliphatic heterocycles. The fourth-order valence-corrected chi connectivity index (χ4v) is 3.64. The number of halogens is 2. The maximum Gasteiger partial charge on any atom is 0.176 e. The summed E-state index contributed by atoms with van der Waals surface area (Å²) in [4.78, 5) is 0. The van der Waals surface area contributed by atoms with Gasteiger partial charge in [-0.1, -0.05) is 71.2 Å². The standard InChI is InChI=1S/C22H20Cl2N6S/c1-15-6-8-16(9-7-15)11-29-13-18(10-25-29)26-22(31)27-21-20(24)14-30(28-21)12-17-4-2-3-5-19(17)23/h2-10,13-14H,11-12H2,1H3,(H2,26,27,28,31). The number of aryl methyl sites for hydroxylation is 1. The molecule has 0 fully saturated rings. The Morgan fingerprint density at radius 2 is 1.71 bits per heavy atom. The van der Waals surface area contributed by atoms with Crippen molar-refractivity contribution in [2.75, 3.05) is 10.6 Å². The number of nitrogens with zero attached hydrogens (tertiary/aromatic N) is 4. The van der Waals surface area contributed by atoms with Crippen LogP contribution in [0.4, 0.5) is 11.5 Å². The highest BCUT2D eigenvalue weighted by Gasteiger charge is 2.11. The second-order valence-corrected chi connectivity index (χ2v) is 8.33. The third-order valence-corrected chi connectivity index (χ3v) is 5.44. The molecule has 4 rings (SSSR count). The minimum Gasteiger partial charge on any atom is -0.330 e. The molecule has 2 aromatic heterocycles. The van der Waals surface area contributed by atoms with Gasteiger partial charge in [0.05, 0.1) is 25.0 Å². The van der Waals surface area contributed by atoms with Crippen molar-refractivity contribution < 1.29 is 0 Å². The Hall–Kier alpha value is -2.87. The number of hydrogen-bond acceptors (Lipinski definition) is 3. The maximum absolute atomic E-state index is 6.32. The van der Waals surface area contributed by atoms with Crippen molar-refractivity contribution in [2.24, 2.45) is 0 Å². The van der Waals surface area contributed by atoms with E-state index < -0.39 is 0 Å². The van der Waals surface area contributed by atoms with E-state index in [0.717, 1.165) is 11.3 Å². The summed E-state index contributed by atoms with van der Waals surface area (Å²) >= 11 is 18.0. The van der Waals surface area contributed by atoms with Crippen molar-refractivity contribution in [3.8, 4) is 0 Å². The van der Waals surface area contributed by atoms with Gasteiger partial charge >= 0.3 is 0 Å². The molecule has 0 atom stereocenters. The van der Waals surface area contributed by atoms with Crippen LogP contribution in [0, 0.1) is 6.92 Å². The van der Waals surface area contributed by atoms with Gasteiger partial charge in [-0.25, -0.2) is 0 Å². The summed E-state index contributed by atoms with van der Waals surface area (Å²) < 4.78 is 3.56. The zero-order valence-electron chi connectivity index (χ0n) is 16.7. The van der Waals surface area contributed by atoms with Crippen molar-refractivity contribution in [3.05, 3.63) is 93.9 Å². The minimum atomic E-state index is 0.375. The second kappa shape index (κ2) is 9.51. The lowest BCUT2D eigenvalue weighted by Crippen LogP contribution is -2.19. The molecular formula is C22H20Cl2N6S. The second-order valence-electron chi connectivity index (χ2n) is 7.11. The molecule has 9 heteroatoms. The molecule has 31 heavy (non-hydrogen) atoms. The summed E-state index contributed by atoms with van der Waals surface area (Å²) in [7, 11) is 0. The summed E-state index contributed by atoms with van der Waals surface area (Å²) in [6.45, 7) is 3.26. The number of nitrogens with one attached hydrogen (secondary N) is 2. The van der Waals surface area contributed by atoms with Crippen molar-refractivity contribution in [1.29, 1.82) is 0 Å². The van der Waals surface area contributed by atoms with E-state index in [1.807, 2.05) is 35.1 Å². The molecule has 2 aromatic carbocycles. The van der Waals surface area contributed by atoms with Gasteiger partial charge in [0.25, 0.3) is 0 Å². The SMILES string of the molecule is Cc1ccc(Cn2cc(NC(=S)Nc3nn(Cc4ccccc4Cl)cc3Cl)cn2)cc1. The summed E-state index contributed by atoms with van der Waals surface area (Å²) in [5, 5.41) is 16.5. The number of hydrogen-bond donors (Lipinski definition) is 2. The molecule has 0 aliphatic rings. The van der Waals surface area contributed by atoms with E-state index in [0.29, 0.717) is 34.1 Å². The smallest absolute Gasteiger partial charge is 0.176 e. The Balaban J connectivity index is 1.36. The van der Waals surface area contributed by atoms with Gasteiger partial charge in [0, 0.05) is 17.4 Å². The fraction of sp³-hybridized carbons (Fsp3) is 0.136. The first-order valence-electron chi connectivity index (χ1n) is 9.58. The van der Waals surface area contributed by atoms with E-state index in [2.05, 4.69) is 52.0 Å². The molecule has 6 nitrogen and oxygen atoms in total. The zero-order valence-corrected chi connectivity index (χ0v) is 19.0. The minimum absolute atomic E-state index is 0.375. The quantitative estimate of drug-likeness (QED) is 0.359. The number of benzene rings is 2. The van der Waals surface area contributed by atoms with Gasteiger partial charge in [0.15, 0.2) is 10.9 Å². The molecule has 0 spiro atoms. The van der Waals surface area contributed by atoms with Gasteiger partial charge in [-0.05, 0) is 36.3 Å². The molecule has 0 aliphatic carbocycles. The summed E-state index contributed by atoms with van der Waals surface area (Å²) in [6, 6.07) is 16.0. The molecule has 2 N–H and O–H groups in total. The lowest BCUT2D eigenvalue weighted by molar-refractivity contribution is 0.687. The summed E-state index contributed by atoms with van der Waals surface area (Å²) in [5.74, 6) is 0.471. The van der Waals surface area contributed by atoms with Gasteiger partial charge in [-0.15, -0.1) is 0 Å². The van der Waals surface area contributed by atoms with Gasteiger partial charge in [0.2, 0.25) is 0 Å². The van der Waals surface area contributed by atoms with Crippen LogP contribution in [0.1, 0.15) is 16.7 Å². The number of anilines is 2. The highest BCUT2D eigenvalue weighted by molar-refractivity contribution is 7.80. The average molecular weight is 471 g/mol. The number of aromatic nitrogens is 4. The monoisotopic (exact) mass is 470 g/mol. The molecular weight excluding hydrogens is 451 g/mol. The summed E-state index contributed by atoms with van der Waals surface area (Å²) in [6.07, 6.45) is 5.35. The van der Waals surface area contributed by atoms with E-state index in [9.17, 15) is 0 Å². The van der Waals surface area contributed by atoms with Crippen molar-refractivity contribution in [1.82, 2.24) is 19.6 Å². The first kappa shape index (κ1) is 21.4. The van der Waals surface area contributed by atoms with Crippen LogP contribution in [0.5, 0.6) is 0 Å². The first-order chi connectivity index (χ1) is 15.0. The van der Waals surface area contributed by atoms with Crippen molar-refractivity contribution >= 4 is 52.0 Å². The largest absolute Gasteiger partial charge is 0.330 e. The van der Waals surface area contributed by atoms with Crippen LogP contribution in [0.25, 0.3) is 0 Å². The van der Waals surface area contributed by atoms with Gasteiger partial charge in [-0.3, -0.25) is 9.36 Å². The predicted molar refractivity (Wildman–Crippen MR) is 130 cm³/mol. The topological polar surface area (TPSA) is 59.7 Å². The average Bonchev–Trinajstić information content (AvgIpc) is 3.31. The first-order valence-corrected chi connectivity index (χ1v) is 10.7. The third-order valence-electron chi connectivity index (χ3n) is 4.60. The number of rotatable bonds is 6. The summed E-state index contributed by atoms with van der Waals surface area (Å²) in [5.41, 5.74) is 4.14. The molecule has 0 saturated carbocycles. The molecule has 2 heterocycles. The van der Waals surface area contributed by atoms with Gasteiger partial charge in [-0.2, -0.15) is 10.2 Å². The molecule has 0 radical (unpaired) electrons. The van der Waals surface area contributed by atoms with Crippen molar-refractivity contribution in [2.45, 2.75) is 20.0 Å². The normalized spacial score (nSPS) is 10.8.